The van der Waals surface area contributed by atoms with Gasteiger partial charge >= 0.3 is 0 Å². The number of nitrogens with one attached hydrogen (secondary N) is 1. The van der Waals surface area contributed by atoms with Crippen LogP contribution < -0.4 is 5.32 Å². The topological polar surface area (TPSA) is 68.5 Å². The van der Waals surface area contributed by atoms with Gasteiger partial charge in [-0.15, -0.1) is 10.2 Å². The second-order valence-electron chi connectivity index (χ2n) is 7.65. The molecule has 0 aliphatic carbocycles. The molecule has 0 fully saturated rings. The van der Waals surface area contributed by atoms with Crippen LogP contribution in [0.3, 0.4) is 0 Å². The fraction of sp³-hybridized carbons (Fsp3) is 0.120. The first kappa shape index (κ1) is 18.9. The van der Waals surface area contributed by atoms with Crippen molar-refractivity contribution >= 4 is 22.5 Å². The van der Waals surface area contributed by atoms with Crippen molar-refractivity contribution in [3.05, 3.63) is 89.6 Å². The Morgan fingerprint density at radius 3 is 2.39 bits per heavy atom. The van der Waals surface area contributed by atoms with Gasteiger partial charge in [0.1, 0.15) is 5.82 Å². The summed E-state index contributed by atoms with van der Waals surface area (Å²) in [7, 11) is 0. The molecule has 0 saturated heterocycles. The molecule has 2 aromatic carbocycles. The summed E-state index contributed by atoms with van der Waals surface area (Å²) in [6, 6.07) is 24.2. The molecule has 3 heterocycles. The lowest BCUT2D eigenvalue weighted by Crippen LogP contribution is -2.07. The van der Waals surface area contributed by atoms with Crippen LogP contribution in [0.15, 0.2) is 72.8 Å². The van der Waals surface area contributed by atoms with Crippen LogP contribution in [0.1, 0.15) is 16.8 Å². The van der Waals surface area contributed by atoms with Crippen molar-refractivity contribution in [1.82, 2.24) is 25.0 Å². The molecule has 0 atom stereocenters. The normalized spacial score (nSPS) is 11.1. The zero-order valence-corrected chi connectivity index (χ0v) is 17.7. The lowest BCUT2D eigenvalue weighted by Gasteiger charge is -2.12. The van der Waals surface area contributed by atoms with Gasteiger partial charge in [0.25, 0.3) is 0 Å². The molecule has 5 rings (SSSR count). The third-order valence-corrected chi connectivity index (χ3v) is 5.27. The molecule has 6 nitrogen and oxygen atoms in total. The minimum atomic E-state index is 0.648. The van der Waals surface area contributed by atoms with Crippen LogP contribution in [0.5, 0.6) is 0 Å². The smallest absolute Gasteiger partial charge is 0.156 e. The predicted molar refractivity (Wildman–Crippen MR) is 124 cm³/mol. The van der Waals surface area contributed by atoms with Crippen molar-refractivity contribution in [2.24, 2.45) is 0 Å². The number of nitrogens with zero attached hydrogens (tertiary/aromatic N) is 5. The molecule has 0 aliphatic rings. The summed E-state index contributed by atoms with van der Waals surface area (Å²) in [5.74, 6) is 2.21. The lowest BCUT2D eigenvalue weighted by atomic mass is 10.1. The summed E-state index contributed by atoms with van der Waals surface area (Å²) >= 11 is 0. The first-order valence-electron chi connectivity index (χ1n) is 10.2. The van der Waals surface area contributed by atoms with Gasteiger partial charge in [0.15, 0.2) is 11.6 Å². The van der Waals surface area contributed by atoms with E-state index in [1.54, 1.807) is 0 Å². The molecule has 0 bridgehead atoms. The van der Waals surface area contributed by atoms with Crippen LogP contribution in [0, 0.1) is 20.8 Å². The highest BCUT2D eigenvalue weighted by atomic mass is 15.4. The predicted octanol–water partition coefficient (Wildman–Crippen LogP) is 5.55. The summed E-state index contributed by atoms with van der Waals surface area (Å²) in [5.41, 5.74) is 6.05. The van der Waals surface area contributed by atoms with Gasteiger partial charge in [0, 0.05) is 17.0 Å². The molecule has 0 spiro atoms. The summed E-state index contributed by atoms with van der Waals surface area (Å²) < 4.78 is 1.82. The molecule has 0 radical (unpaired) electrons. The fourth-order valence-corrected chi connectivity index (χ4v) is 3.71. The third-order valence-electron chi connectivity index (χ3n) is 5.27. The number of fused-ring (bicyclic) bond motifs is 1. The Morgan fingerprint density at radius 1 is 0.774 bits per heavy atom. The number of rotatable bonds is 4. The Hall–Kier alpha value is -4.06. The Labute approximate surface area is 180 Å². The molecule has 31 heavy (non-hydrogen) atoms. The fourth-order valence-electron chi connectivity index (χ4n) is 3.71. The molecule has 1 N–H and O–H groups in total. The van der Waals surface area contributed by atoms with Gasteiger partial charge in [0.2, 0.25) is 0 Å². The molecule has 152 valence electrons. The minimum Gasteiger partial charge on any atom is -0.323 e. The summed E-state index contributed by atoms with van der Waals surface area (Å²) in [6.07, 6.45) is 0. The van der Waals surface area contributed by atoms with E-state index in [1.165, 1.54) is 0 Å². The van der Waals surface area contributed by atoms with Crippen LogP contribution in [-0.2, 0) is 0 Å². The summed E-state index contributed by atoms with van der Waals surface area (Å²) in [6.45, 7) is 6.14. The second kappa shape index (κ2) is 7.65. The van der Waals surface area contributed by atoms with E-state index in [4.69, 9.17) is 4.98 Å². The van der Waals surface area contributed by atoms with Crippen LogP contribution in [0.25, 0.3) is 28.0 Å². The standard InChI is InChI=1S/C25H22N6/c1-16-8-7-11-20-17(2)14-23(27-25(16)20)31-24(15-18(3)30-31)26-22-13-12-21(28-29-22)19-9-5-4-6-10-19/h4-15H,1-3H3,(H,26,29). The molecule has 0 amide bonds. The van der Waals surface area contributed by atoms with Gasteiger partial charge in [-0.2, -0.15) is 9.78 Å². The molecule has 6 heteroatoms. The lowest BCUT2D eigenvalue weighted by molar-refractivity contribution is 0.841. The van der Waals surface area contributed by atoms with Crippen molar-refractivity contribution in [2.45, 2.75) is 20.8 Å². The summed E-state index contributed by atoms with van der Waals surface area (Å²) in [4.78, 5) is 4.90. The van der Waals surface area contributed by atoms with Gasteiger partial charge in [-0.25, -0.2) is 4.98 Å². The maximum atomic E-state index is 4.90. The number of benzene rings is 2. The Kier molecular flexibility index (Phi) is 4.67. The number of aromatic nitrogens is 5. The monoisotopic (exact) mass is 406 g/mol. The average Bonchev–Trinajstić information content (AvgIpc) is 3.15. The Morgan fingerprint density at radius 2 is 1.61 bits per heavy atom. The van der Waals surface area contributed by atoms with Gasteiger partial charge in [-0.3, -0.25) is 0 Å². The quantitative estimate of drug-likeness (QED) is 0.424. The zero-order valence-electron chi connectivity index (χ0n) is 17.7. The number of hydrogen-bond acceptors (Lipinski definition) is 5. The van der Waals surface area contributed by atoms with Crippen LogP contribution in [-0.4, -0.2) is 25.0 Å². The largest absolute Gasteiger partial charge is 0.323 e. The van der Waals surface area contributed by atoms with E-state index in [9.17, 15) is 0 Å². The van der Waals surface area contributed by atoms with E-state index in [1.807, 2.05) is 60.1 Å². The highest BCUT2D eigenvalue weighted by molar-refractivity contribution is 5.85. The van der Waals surface area contributed by atoms with Crippen molar-refractivity contribution in [3.8, 4) is 17.1 Å². The van der Waals surface area contributed by atoms with Crippen LogP contribution in [0.4, 0.5) is 11.6 Å². The second-order valence-corrected chi connectivity index (χ2v) is 7.65. The van der Waals surface area contributed by atoms with Gasteiger partial charge < -0.3 is 5.32 Å². The first-order valence-corrected chi connectivity index (χ1v) is 10.2. The molecule has 0 aliphatic heterocycles. The Bertz CT molecular complexity index is 1370. The van der Waals surface area contributed by atoms with E-state index in [0.29, 0.717) is 5.82 Å². The number of anilines is 2. The molecule has 5 aromatic rings. The molecular formula is C25H22N6. The van der Waals surface area contributed by atoms with Crippen LogP contribution in [0.2, 0.25) is 0 Å². The average molecular weight is 406 g/mol. The van der Waals surface area contributed by atoms with Crippen molar-refractivity contribution in [2.75, 3.05) is 5.32 Å². The van der Waals surface area contributed by atoms with Gasteiger partial charge in [0.05, 0.1) is 16.9 Å². The Balaban J connectivity index is 1.50. The highest BCUT2D eigenvalue weighted by Crippen LogP contribution is 2.26. The number of para-hydroxylation sites is 1. The first-order chi connectivity index (χ1) is 15.1. The van der Waals surface area contributed by atoms with E-state index in [-0.39, 0.29) is 0 Å². The van der Waals surface area contributed by atoms with Gasteiger partial charge in [-0.05, 0) is 50.1 Å². The van der Waals surface area contributed by atoms with Crippen LogP contribution >= 0.6 is 0 Å². The van der Waals surface area contributed by atoms with Gasteiger partial charge in [-0.1, -0.05) is 48.5 Å². The summed E-state index contributed by atoms with van der Waals surface area (Å²) in [5, 5.41) is 17.9. The molecular weight excluding hydrogens is 384 g/mol. The van der Waals surface area contributed by atoms with E-state index < -0.39 is 0 Å². The molecule has 0 unspecified atom stereocenters. The van der Waals surface area contributed by atoms with Crippen molar-refractivity contribution < 1.29 is 0 Å². The SMILES string of the molecule is Cc1cc(Nc2ccc(-c3ccccc3)nn2)n(-c2cc(C)c3cccc(C)c3n2)n1. The third kappa shape index (κ3) is 3.64. The molecule has 3 aromatic heterocycles. The van der Waals surface area contributed by atoms with E-state index in [2.05, 4.69) is 58.7 Å². The maximum absolute atomic E-state index is 4.90. The zero-order chi connectivity index (χ0) is 21.4. The molecule has 0 saturated carbocycles. The maximum Gasteiger partial charge on any atom is 0.156 e. The number of hydrogen-bond donors (Lipinski definition) is 1. The van der Waals surface area contributed by atoms with Crippen molar-refractivity contribution in [3.63, 3.8) is 0 Å². The number of aryl methyl sites for hydroxylation is 3. The highest BCUT2D eigenvalue weighted by Gasteiger charge is 2.13. The van der Waals surface area contributed by atoms with E-state index in [0.717, 1.165) is 50.6 Å². The minimum absolute atomic E-state index is 0.648. The van der Waals surface area contributed by atoms with Crippen molar-refractivity contribution in [1.29, 1.82) is 0 Å². The van der Waals surface area contributed by atoms with E-state index >= 15 is 0 Å². The number of pyridine rings is 1.